The van der Waals surface area contributed by atoms with Crippen LogP contribution >= 0.6 is 11.6 Å². The Hall–Kier alpha value is -1.39. The fourth-order valence-electron chi connectivity index (χ4n) is 8.75. The minimum Gasteiger partial charge on any atom is -0.301 e. The zero-order chi connectivity index (χ0) is 19.3. The van der Waals surface area contributed by atoms with Crippen molar-refractivity contribution < 1.29 is 0 Å². The Balaban J connectivity index is 1.27. The van der Waals surface area contributed by atoms with Gasteiger partial charge in [0, 0.05) is 23.7 Å². The number of halogens is 1. The second kappa shape index (κ2) is 5.85. The van der Waals surface area contributed by atoms with Crippen LogP contribution in [0.2, 0.25) is 5.15 Å². The first-order valence-corrected chi connectivity index (χ1v) is 12.0. The molecule has 2 unspecified atom stereocenters. The molecule has 8 rings (SSSR count). The van der Waals surface area contributed by atoms with Crippen LogP contribution in [0, 0.1) is 17.8 Å². The molecule has 0 radical (unpaired) electrons. The van der Waals surface area contributed by atoms with Crippen LogP contribution in [0.5, 0.6) is 0 Å². The van der Waals surface area contributed by atoms with E-state index in [2.05, 4.69) is 9.88 Å². The molecular weight excluding hydrogens is 382 g/mol. The average Bonchev–Trinajstić information content (AvgIpc) is 3.23. The van der Waals surface area contributed by atoms with Crippen molar-refractivity contribution in [2.75, 3.05) is 0 Å². The normalized spacial score (nSPS) is 42.9. The molecule has 6 aliphatic rings. The summed E-state index contributed by atoms with van der Waals surface area (Å²) in [7, 11) is 0. The van der Waals surface area contributed by atoms with Crippen LogP contribution in [0.3, 0.4) is 0 Å². The van der Waals surface area contributed by atoms with Crippen LogP contribution in [0.25, 0.3) is 11.0 Å². The van der Waals surface area contributed by atoms with Gasteiger partial charge in [0.2, 0.25) is 0 Å². The fourth-order valence-corrected chi connectivity index (χ4v) is 8.93. The maximum atomic E-state index is 13.0. The van der Waals surface area contributed by atoms with Crippen molar-refractivity contribution in [1.82, 2.24) is 14.5 Å². The van der Waals surface area contributed by atoms with E-state index in [0.29, 0.717) is 17.6 Å². The van der Waals surface area contributed by atoms with Gasteiger partial charge >= 0.3 is 0 Å². The lowest BCUT2D eigenvalue weighted by molar-refractivity contribution is -0.0244. The van der Waals surface area contributed by atoms with Crippen molar-refractivity contribution in [3.05, 3.63) is 39.8 Å². The van der Waals surface area contributed by atoms with E-state index in [0.717, 1.165) is 41.6 Å². The first-order chi connectivity index (χ1) is 14.1. The highest BCUT2D eigenvalue weighted by Crippen LogP contribution is 2.65. The molecule has 5 atom stereocenters. The summed E-state index contributed by atoms with van der Waals surface area (Å²) < 4.78 is 1.99. The lowest BCUT2D eigenvalue weighted by atomic mass is 9.78. The van der Waals surface area contributed by atoms with Crippen molar-refractivity contribution >= 4 is 22.6 Å². The Morgan fingerprint density at radius 3 is 2.34 bits per heavy atom. The summed E-state index contributed by atoms with van der Waals surface area (Å²) in [5.74, 6) is 2.94. The smallest absolute Gasteiger partial charge is 0.288 e. The summed E-state index contributed by atoms with van der Waals surface area (Å²) in [5, 5.41) is 0.115. The molecule has 1 aromatic carbocycles. The van der Waals surface area contributed by atoms with Crippen molar-refractivity contribution in [2.45, 2.75) is 81.5 Å². The van der Waals surface area contributed by atoms with Gasteiger partial charge in [-0.05, 0) is 87.7 Å². The molecule has 3 heterocycles. The Kier molecular flexibility index (Phi) is 3.49. The molecule has 4 saturated carbocycles. The van der Waals surface area contributed by atoms with Crippen molar-refractivity contribution in [3.63, 3.8) is 0 Å². The Labute approximate surface area is 176 Å². The van der Waals surface area contributed by atoms with Gasteiger partial charge in [-0.15, -0.1) is 0 Å². The third-order valence-corrected chi connectivity index (χ3v) is 9.54. The number of piperidine rings is 1. The van der Waals surface area contributed by atoms with E-state index in [-0.39, 0.29) is 16.8 Å². The molecule has 29 heavy (non-hydrogen) atoms. The topological polar surface area (TPSA) is 38.1 Å². The summed E-state index contributed by atoms with van der Waals surface area (Å²) in [5.41, 5.74) is 2.17. The highest BCUT2D eigenvalue weighted by Gasteiger charge is 2.64. The fraction of sp³-hybridized carbons (Fsp3) is 0.667. The number of para-hydroxylation sites is 2. The number of hydrogen-bond donors (Lipinski definition) is 0. The third-order valence-electron chi connectivity index (χ3n) is 9.29. The molecule has 2 saturated heterocycles. The molecule has 6 bridgehead atoms. The molecule has 2 aromatic rings. The first-order valence-electron chi connectivity index (χ1n) is 11.6. The van der Waals surface area contributed by atoms with E-state index < -0.39 is 0 Å². The van der Waals surface area contributed by atoms with E-state index in [1.807, 2.05) is 28.8 Å². The molecule has 4 aliphatic carbocycles. The van der Waals surface area contributed by atoms with Gasteiger partial charge in [-0.3, -0.25) is 9.69 Å². The van der Waals surface area contributed by atoms with E-state index in [1.165, 1.54) is 44.9 Å². The number of hydrogen-bond acceptors (Lipinski definition) is 3. The third kappa shape index (κ3) is 2.25. The minimum absolute atomic E-state index is 0.109. The second-order valence-electron chi connectivity index (χ2n) is 10.6. The van der Waals surface area contributed by atoms with E-state index in [4.69, 9.17) is 11.6 Å². The molecule has 0 N–H and O–H groups in total. The van der Waals surface area contributed by atoms with Crippen LogP contribution in [0.4, 0.5) is 0 Å². The number of rotatable bonds is 2. The average molecular weight is 410 g/mol. The van der Waals surface area contributed by atoms with Crippen molar-refractivity contribution in [3.8, 4) is 0 Å². The van der Waals surface area contributed by atoms with Gasteiger partial charge in [-0.1, -0.05) is 23.7 Å². The molecule has 1 aromatic heterocycles. The van der Waals surface area contributed by atoms with Crippen LogP contribution in [0.1, 0.15) is 63.8 Å². The monoisotopic (exact) mass is 409 g/mol. The highest BCUT2D eigenvalue weighted by atomic mass is 35.5. The van der Waals surface area contributed by atoms with Gasteiger partial charge in [-0.2, -0.15) is 0 Å². The number of aromatic nitrogens is 2. The quantitative estimate of drug-likeness (QED) is 0.715. The van der Waals surface area contributed by atoms with Gasteiger partial charge in [0.15, 0.2) is 5.15 Å². The van der Waals surface area contributed by atoms with Gasteiger partial charge in [0.1, 0.15) is 0 Å². The minimum atomic E-state index is -0.109. The number of fused-ring (bicyclic) bond motifs is 3. The predicted molar refractivity (Wildman–Crippen MR) is 114 cm³/mol. The number of benzene rings is 1. The predicted octanol–water partition coefficient (Wildman–Crippen LogP) is 4.80. The Morgan fingerprint density at radius 2 is 1.62 bits per heavy atom. The SMILES string of the molecule is O=c1c(Cl)nc2ccccc2n1[C@H]1C[C@H]2CC[C@@H](C1)N2C12CC3CC(CC1C3)C2. The van der Waals surface area contributed by atoms with E-state index in [1.54, 1.807) is 0 Å². The summed E-state index contributed by atoms with van der Waals surface area (Å²) in [4.78, 5) is 20.4. The van der Waals surface area contributed by atoms with Crippen molar-refractivity contribution in [2.24, 2.45) is 17.8 Å². The maximum Gasteiger partial charge on any atom is 0.288 e. The molecule has 0 spiro atoms. The lowest BCUT2D eigenvalue weighted by Gasteiger charge is -2.52. The van der Waals surface area contributed by atoms with E-state index >= 15 is 0 Å². The molecule has 2 aliphatic heterocycles. The summed E-state index contributed by atoms with van der Waals surface area (Å²) in [6, 6.07) is 9.48. The van der Waals surface area contributed by atoms with Gasteiger partial charge in [0.25, 0.3) is 5.56 Å². The largest absolute Gasteiger partial charge is 0.301 e. The first kappa shape index (κ1) is 17.3. The molecule has 0 amide bonds. The Morgan fingerprint density at radius 1 is 0.931 bits per heavy atom. The second-order valence-corrected chi connectivity index (χ2v) is 11.0. The van der Waals surface area contributed by atoms with Crippen molar-refractivity contribution in [1.29, 1.82) is 0 Å². The number of nitrogens with zero attached hydrogens (tertiary/aromatic N) is 3. The maximum absolute atomic E-state index is 13.0. The highest BCUT2D eigenvalue weighted by molar-refractivity contribution is 6.29. The van der Waals surface area contributed by atoms with Gasteiger partial charge < -0.3 is 4.57 Å². The summed E-state index contributed by atoms with van der Waals surface area (Å²) in [6.45, 7) is 0. The van der Waals surface area contributed by atoms with Gasteiger partial charge in [-0.25, -0.2) is 4.98 Å². The van der Waals surface area contributed by atoms with Crippen LogP contribution in [0.15, 0.2) is 29.1 Å². The standard InChI is InChI=1S/C24H28ClN3O/c25-22-23(29)27(21-4-2-1-3-20(21)26-22)19-10-17-5-6-18(11-19)28(17)24-12-14-7-15(13-24)9-16(24)8-14/h1-4,14-19H,5-13H2/t14?,15?,16?,17-,18+,19+,24?. The summed E-state index contributed by atoms with van der Waals surface area (Å²) in [6.07, 6.45) is 12.2. The molecule has 152 valence electrons. The Bertz CT molecular complexity index is 1040. The van der Waals surface area contributed by atoms with E-state index in [9.17, 15) is 4.79 Å². The van der Waals surface area contributed by atoms with Crippen LogP contribution < -0.4 is 5.56 Å². The molecular formula is C24H28ClN3O. The molecule has 6 fully saturated rings. The molecule has 5 heteroatoms. The van der Waals surface area contributed by atoms with Crippen LogP contribution in [-0.4, -0.2) is 32.1 Å². The van der Waals surface area contributed by atoms with Gasteiger partial charge in [0.05, 0.1) is 11.0 Å². The molecule has 4 nitrogen and oxygen atoms in total. The zero-order valence-corrected chi connectivity index (χ0v) is 17.5. The summed E-state index contributed by atoms with van der Waals surface area (Å²) >= 11 is 6.27. The lowest BCUT2D eigenvalue weighted by Crippen LogP contribution is -2.58. The zero-order valence-electron chi connectivity index (χ0n) is 16.8. The van der Waals surface area contributed by atoms with Crippen LogP contribution in [-0.2, 0) is 0 Å².